The average molecular weight is 227 g/mol. The third kappa shape index (κ3) is 2.60. The fourth-order valence-corrected chi connectivity index (χ4v) is 1.41. The number of aryl methyl sites for hydroxylation is 1. The third-order valence-electron chi connectivity index (χ3n) is 2.45. The summed E-state index contributed by atoms with van der Waals surface area (Å²) in [5, 5.41) is 2.70. The molecule has 0 atom stereocenters. The Bertz CT molecular complexity index is 538. The van der Waals surface area contributed by atoms with Crippen LogP contribution in [0, 0.1) is 6.92 Å². The van der Waals surface area contributed by atoms with Crippen molar-refractivity contribution in [2.45, 2.75) is 6.92 Å². The first-order chi connectivity index (χ1) is 8.16. The molecule has 4 heteroatoms. The third-order valence-corrected chi connectivity index (χ3v) is 2.45. The minimum absolute atomic E-state index is 0.213. The summed E-state index contributed by atoms with van der Waals surface area (Å²) in [5.41, 5.74) is 7.85. The molecule has 2 rings (SSSR count). The van der Waals surface area contributed by atoms with Crippen molar-refractivity contribution < 1.29 is 4.79 Å². The first kappa shape index (κ1) is 11.1. The van der Waals surface area contributed by atoms with Gasteiger partial charge in [0.2, 0.25) is 0 Å². The van der Waals surface area contributed by atoms with Crippen LogP contribution in [-0.4, -0.2) is 10.9 Å². The molecule has 0 radical (unpaired) electrons. The van der Waals surface area contributed by atoms with Gasteiger partial charge in [-0.1, -0.05) is 12.1 Å². The van der Waals surface area contributed by atoms with Crippen LogP contribution in [0.5, 0.6) is 0 Å². The topological polar surface area (TPSA) is 68.0 Å². The molecule has 3 N–H and O–H groups in total. The molecular weight excluding hydrogens is 214 g/mol. The molecule has 0 aliphatic heterocycles. The Morgan fingerprint density at radius 3 is 2.76 bits per heavy atom. The highest BCUT2D eigenvalue weighted by molar-refractivity contribution is 6.04. The summed E-state index contributed by atoms with van der Waals surface area (Å²) in [7, 11) is 0. The summed E-state index contributed by atoms with van der Waals surface area (Å²) in [6.07, 6.45) is 1.62. The largest absolute Gasteiger partial charge is 0.398 e. The number of rotatable bonds is 2. The molecule has 4 nitrogen and oxygen atoms in total. The van der Waals surface area contributed by atoms with E-state index in [1.165, 1.54) is 0 Å². The van der Waals surface area contributed by atoms with E-state index in [1.807, 2.05) is 19.1 Å². The summed E-state index contributed by atoms with van der Waals surface area (Å²) in [5.74, 6) is 0.312. The number of amides is 1. The zero-order valence-corrected chi connectivity index (χ0v) is 9.47. The van der Waals surface area contributed by atoms with Crippen LogP contribution in [0.3, 0.4) is 0 Å². The second-order valence-electron chi connectivity index (χ2n) is 3.74. The molecule has 0 fully saturated rings. The highest BCUT2D eigenvalue weighted by Crippen LogP contribution is 2.14. The van der Waals surface area contributed by atoms with E-state index in [1.54, 1.807) is 30.5 Å². The van der Waals surface area contributed by atoms with E-state index in [-0.39, 0.29) is 5.91 Å². The molecule has 2 aromatic rings. The van der Waals surface area contributed by atoms with Gasteiger partial charge in [0.1, 0.15) is 5.82 Å². The molecule has 1 heterocycles. The summed E-state index contributed by atoms with van der Waals surface area (Å²) in [6, 6.07) is 10.6. The van der Waals surface area contributed by atoms with Gasteiger partial charge < -0.3 is 11.1 Å². The van der Waals surface area contributed by atoms with Gasteiger partial charge in [0, 0.05) is 17.4 Å². The van der Waals surface area contributed by atoms with E-state index in [4.69, 9.17) is 5.73 Å². The molecule has 17 heavy (non-hydrogen) atoms. The lowest BCUT2D eigenvalue weighted by atomic mass is 10.1. The van der Waals surface area contributed by atoms with Crippen molar-refractivity contribution >= 4 is 17.4 Å². The highest BCUT2D eigenvalue weighted by atomic mass is 16.1. The monoisotopic (exact) mass is 227 g/mol. The highest BCUT2D eigenvalue weighted by Gasteiger charge is 2.07. The summed E-state index contributed by atoms with van der Waals surface area (Å²) < 4.78 is 0. The fraction of sp³-hybridized carbons (Fsp3) is 0.0769. The van der Waals surface area contributed by atoms with Crippen molar-refractivity contribution in [3.63, 3.8) is 0 Å². The number of nitrogen functional groups attached to an aromatic ring is 1. The van der Waals surface area contributed by atoms with E-state index in [0.29, 0.717) is 17.1 Å². The molecule has 0 saturated carbocycles. The summed E-state index contributed by atoms with van der Waals surface area (Å²) in [4.78, 5) is 15.9. The van der Waals surface area contributed by atoms with Gasteiger partial charge in [0.25, 0.3) is 5.91 Å². The van der Waals surface area contributed by atoms with Crippen molar-refractivity contribution in [2.75, 3.05) is 11.1 Å². The number of carbonyl (C=O) groups excluding carboxylic acids is 1. The molecule has 0 aliphatic rings. The van der Waals surface area contributed by atoms with Gasteiger partial charge in [-0.05, 0) is 36.8 Å². The number of carbonyl (C=O) groups is 1. The number of nitrogens with two attached hydrogens (primary N) is 1. The SMILES string of the molecule is Cc1ccc(C(=O)Nc2ccccn2)cc1N. The molecule has 0 spiro atoms. The molecule has 0 saturated heterocycles. The summed E-state index contributed by atoms with van der Waals surface area (Å²) in [6.45, 7) is 1.90. The van der Waals surface area contributed by atoms with E-state index in [0.717, 1.165) is 5.56 Å². The van der Waals surface area contributed by atoms with E-state index in [2.05, 4.69) is 10.3 Å². The average Bonchev–Trinajstić information content (AvgIpc) is 2.34. The van der Waals surface area contributed by atoms with Crippen molar-refractivity contribution in [3.05, 3.63) is 53.7 Å². The van der Waals surface area contributed by atoms with Crippen molar-refractivity contribution in [1.82, 2.24) is 4.98 Å². The number of nitrogens with zero attached hydrogens (tertiary/aromatic N) is 1. The van der Waals surface area contributed by atoms with Gasteiger partial charge in [-0.3, -0.25) is 4.79 Å². The molecule has 0 bridgehead atoms. The van der Waals surface area contributed by atoms with E-state index < -0.39 is 0 Å². The predicted molar refractivity (Wildman–Crippen MR) is 67.8 cm³/mol. The Hall–Kier alpha value is -2.36. The Kier molecular flexibility index (Phi) is 3.05. The quantitative estimate of drug-likeness (QED) is 0.773. The number of hydrogen-bond donors (Lipinski definition) is 2. The number of hydrogen-bond acceptors (Lipinski definition) is 3. The van der Waals surface area contributed by atoms with Crippen LogP contribution >= 0.6 is 0 Å². The minimum Gasteiger partial charge on any atom is -0.398 e. The molecule has 1 aromatic carbocycles. The Morgan fingerprint density at radius 1 is 1.29 bits per heavy atom. The van der Waals surface area contributed by atoms with Crippen LogP contribution in [-0.2, 0) is 0 Å². The lowest BCUT2D eigenvalue weighted by Crippen LogP contribution is -2.13. The number of anilines is 2. The Labute approximate surface area is 99.5 Å². The lowest BCUT2D eigenvalue weighted by molar-refractivity contribution is 0.102. The molecule has 1 amide bonds. The number of nitrogens with one attached hydrogen (secondary N) is 1. The molecule has 0 aliphatic carbocycles. The van der Waals surface area contributed by atoms with Gasteiger partial charge >= 0.3 is 0 Å². The second kappa shape index (κ2) is 4.65. The predicted octanol–water partition coefficient (Wildman–Crippen LogP) is 2.22. The van der Waals surface area contributed by atoms with Crippen molar-refractivity contribution in [1.29, 1.82) is 0 Å². The molecule has 86 valence electrons. The zero-order chi connectivity index (χ0) is 12.3. The van der Waals surface area contributed by atoms with Gasteiger partial charge in [0.15, 0.2) is 0 Å². The first-order valence-electron chi connectivity index (χ1n) is 5.25. The van der Waals surface area contributed by atoms with Crippen LogP contribution in [0.1, 0.15) is 15.9 Å². The van der Waals surface area contributed by atoms with Crippen molar-refractivity contribution in [3.8, 4) is 0 Å². The molecule has 1 aromatic heterocycles. The number of pyridine rings is 1. The van der Waals surface area contributed by atoms with E-state index in [9.17, 15) is 4.79 Å². The van der Waals surface area contributed by atoms with Crippen LogP contribution in [0.2, 0.25) is 0 Å². The zero-order valence-electron chi connectivity index (χ0n) is 9.47. The minimum atomic E-state index is -0.213. The van der Waals surface area contributed by atoms with Gasteiger partial charge in [-0.2, -0.15) is 0 Å². The van der Waals surface area contributed by atoms with Gasteiger partial charge in [-0.15, -0.1) is 0 Å². The fourth-order valence-electron chi connectivity index (χ4n) is 1.41. The maximum Gasteiger partial charge on any atom is 0.256 e. The van der Waals surface area contributed by atoms with E-state index >= 15 is 0 Å². The van der Waals surface area contributed by atoms with Crippen LogP contribution in [0.15, 0.2) is 42.6 Å². The molecule has 0 unspecified atom stereocenters. The van der Waals surface area contributed by atoms with Crippen LogP contribution in [0.4, 0.5) is 11.5 Å². The van der Waals surface area contributed by atoms with Gasteiger partial charge in [0.05, 0.1) is 0 Å². The smallest absolute Gasteiger partial charge is 0.256 e. The van der Waals surface area contributed by atoms with Crippen LogP contribution in [0.25, 0.3) is 0 Å². The maximum absolute atomic E-state index is 11.9. The maximum atomic E-state index is 11.9. The van der Waals surface area contributed by atoms with Crippen molar-refractivity contribution in [2.24, 2.45) is 0 Å². The lowest BCUT2D eigenvalue weighted by Gasteiger charge is -2.06. The normalized spacial score (nSPS) is 9.94. The first-order valence-corrected chi connectivity index (χ1v) is 5.25. The Morgan fingerprint density at radius 2 is 2.12 bits per heavy atom. The number of benzene rings is 1. The standard InChI is InChI=1S/C13H13N3O/c1-9-5-6-10(8-11(9)14)13(17)16-12-4-2-3-7-15-12/h2-8H,14H2,1H3,(H,15,16,17). The Balaban J connectivity index is 2.18. The number of aromatic nitrogens is 1. The summed E-state index contributed by atoms with van der Waals surface area (Å²) >= 11 is 0. The molecular formula is C13H13N3O. The van der Waals surface area contributed by atoms with Crippen LogP contribution < -0.4 is 11.1 Å². The second-order valence-corrected chi connectivity index (χ2v) is 3.74. The van der Waals surface area contributed by atoms with Gasteiger partial charge in [-0.25, -0.2) is 4.98 Å².